The summed E-state index contributed by atoms with van der Waals surface area (Å²) in [6.45, 7) is 9.95. The van der Waals surface area contributed by atoms with Crippen LogP contribution in [0.1, 0.15) is 145 Å². The van der Waals surface area contributed by atoms with Crippen LogP contribution >= 0.6 is 0 Å². The molecule has 4 aliphatic rings. The van der Waals surface area contributed by atoms with Crippen LogP contribution < -0.4 is 33.7 Å². The van der Waals surface area contributed by atoms with E-state index in [0.29, 0.717) is 48.7 Å². The summed E-state index contributed by atoms with van der Waals surface area (Å²) in [4.78, 5) is 153. The van der Waals surface area contributed by atoms with Crippen LogP contribution in [0.15, 0.2) is 122 Å². The second-order valence-electron chi connectivity index (χ2n) is 19.6. The van der Waals surface area contributed by atoms with E-state index in [9.17, 15) is 67.7 Å². The van der Waals surface area contributed by atoms with Gasteiger partial charge in [-0.25, -0.2) is 34.7 Å². The Bertz CT molecular complexity index is 3840. The fourth-order valence-corrected chi connectivity index (χ4v) is 9.09. The molecule has 2 unspecified atom stereocenters. The minimum absolute atomic E-state index is 0.0192. The highest BCUT2D eigenvalue weighted by Crippen LogP contribution is 2.34. The summed E-state index contributed by atoms with van der Waals surface area (Å²) in [5.41, 5.74) is 19.0. The number of nitrogens with one attached hydrogen (secondary N) is 2. The van der Waals surface area contributed by atoms with Crippen LogP contribution in [0, 0.1) is 0 Å². The minimum Gasteiger partial charge on any atom is -0.478 e. The lowest BCUT2D eigenvalue weighted by atomic mass is 9.95. The molecule has 460 valence electrons. The Balaban J connectivity index is 0.000000241. The number of allylic oxidation sites excluding steroid dienone is 1. The largest absolute Gasteiger partial charge is 0.478 e. The first-order valence-electron chi connectivity index (χ1n) is 26.9. The fourth-order valence-electron chi connectivity index (χ4n) is 9.09. The summed E-state index contributed by atoms with van der Waals surface area (Å²) in [5, 5.41) is 24.0. The fraction of sp³-hybridized carbons (Fsp3) is 0.194. The number of cyclic esters (lactones) is 4. The Labute approximate surface area is 506 Å². The van der Waals surface area contributed by atoms with E-state index in [1.54, 1.807) is 30.3 Å². The molecule has 12 N–H and O–H groups in total. The van der Waals surface area contributed by atoms with Gasteiger partial charge >= 0.3 is 35.8 Å². The quantitative estimate of drug-likeness (QED) is 0.0106. The van der Waals surface area contributed by atoms with Gasteiger partial charge in [-0.2, -0.15) is 0 Å². The van der Waals surface area contributed by atoms with Crippen LogP contribution in [0.25, 0.3) is 33.4 Å². The van der Waals surface area contributed by atoms with Crippen LogP contribution in [0.2, 0.25) is 0 Å². The van der Waals surface area contributed by atoms with E-state index >= 15 is 0 Å². The Hall–Kier alpha value is -10.8. The van der Waals surface area contributed by atoms with Crippen LogP contribution in [0.4, 0.5) is 0 Å². The number of imide groups is 2. The van der Waals surface area contributed by atoms with Crippen molar-refractivity contribution < 1.29 is 91.5 Å². The molecule has 0 fully saturated rings. The van der Waals surface area contributed by atoms with Gasteiger partial charge in [-0.05, 0) is 127 Å². The molecule has 89 heavy (non-hydrogen) atoms. The maximum atomic E-state index is 13.4. The lowest BCUT2D eigenvalue weighted by Gasteiger charge is -2.16. The first-order chi connectivity index (χ1) is 42.5. The summed E-state index contributed by atoms with van der Waals surface area (Å²) in [5.74, 6) is -4.87. The van der Waals surface area contributed by atoms with Crippen molar-refractivity contribution in [2.45, 2.75) is 32.9 Å². The number of hydrogen-bond donors (Lipinski definition) is 8. The molecule has 0 aromatic heterocycles. The van der Waals surface area contributed by atoms with E-state index in [-0.39, 0.29) is 97.8 Å². The first kappa shape index (κ1) is 65.8. The Kier molecular flexibility index (Phi) is 21.5. The van der Waals surface area contributed by atoms with Crippen molar-refractivity contribution in [1.82, 2.24) is 20.4 Å². The molecule has 0 bridgehead atoms. The number of carbonyl (C=O) groups is 12. The van der Waals surface area contributed by atoms with Gasteiger partial charge in [-0.1, -0.05) is 42.5 Å². The van der Waals surface area contributed by atoms with E-state index in [0.717, 1.165) is 15.9 Å². The van der Waals surface area contributed by atoms with Gasteiger partial charge in [0.1, 0.15) is 6.67 Å². The molecule has 10 rings (SSSR count). The van der Waals surface area contributed by atoms with Crippen molar-refractivity contribution in [3.63, 3.8) is 0 Å². The second-order valence-corrected chi connectivity index (χ2v) is 19.6. The third-order valence-electron chi connectivity index (χ3n) is 13.4. The number of fused-ring (bicyclic) bond motifs is 4. The van der Waals surface area contributed by atoms with Crippen molar-refractivity contribution >= 4 is 71.3 Å². The normalized spacial score (nSPS) is 13.9. The molecule has 4 aliphatic heterocycles. The Morgan fingerprint density at radius 2 is 0.865 bits per heavy atom. The summed E-state index contributed by atoms with van der Waals surface area (Å²) in [7, 11) is 0. The number of esters is 4. The summed E-state index contributed by atoms with van der Waals surface area (Å²) < 4.78 is 19.4. The van der Waals surface area contributed by atoms with E-state index in [1.165, 1.54) is 78.9 Å². The van der Waals surface area contributed by atoms with Crippen LogP contribution in [0.3, 0.4) is 0 Å². The molecule has 0 radical (unpaired) electrons. The lowest BCUT2D eigenvalue weighted by molar-refractivity contribution is -0.0250. The molecule has 0 spiro atoms. The topological polar surface area (TPSA) is 426 Å². The van der Waals surface area contributed by atoms with Crippen LogP contribution in [-0.2, 0) is 23.8 Å². The zero-order valence-corrected chi connectivity index (χ0v) is 47.8. The maximum Gasteiger partial charge on any atom is 0.346 e. The molecule has 27 heteroatoms. The van der Waals surface area contributed by atoms with Crippen molar-refractivity contribution in [2.24, 2.45) is 23.1 Å². The molecular formula is C62H58N8O19. The van der Waals surface area contributed by atoms with Gasteiger partial charge in [0.15, 0.2) is 0 Å². The van der Waals surface area contributed by atoms with E-state index in [2.05, 4.69) is 31.5 Å². The molecule has 0 saturated heterocycles. The van der Waals surface area contributed by atoms with Crippen molar-refractivity contribution in [1.29, 1.82) is 0 Å². The predicted octanol–water partition coefficient (Wildman–Crippen LogP) is 4.37. The number of amides is 6. The molecule has 6 aromatic carbocycles. The third-order valence-corrected chi connectivity index (χ3v) is 13.4. The van der Waals surface area contributed by atoms with E-state index in [4.69, 9.17) is 32.6 Å². The second kappa shape index (κ2) is 29.1. The average molecular weight is 1220 g/mol. The number of rotatable bonds is 19. The summed E-state index contributed by atoms with van der Waals surface area (Å²) >= 11 is 0. The highest BCUT2D eigenvalue weighted by molar-refractivity contribution is 6.23. The molecule has 6 amide bonds. The predicted molar refractivity (Wildman–Crippen MR) is 314 cm³/mol. The number of carboxylic acid groups (broad SMARTS) is 2. The molecule has 2 atom stereocenters. The Morgan fingerprint density at radius 1 is 0.517 bits per heavy atom. The number of hydrogen-bond acceptors (Lipinski definition) is 21. The molecule has 4 heterocycles. The molecular weight excluding hydrogens is 1160 g/mol. The van der Waals surface area contributed by atoms with Gasteiger partial charge in [0, 0.05) is 6.04 Å². The van der Waals surface area contributed by atoms with E-state index < -0.39 is 83.5 Å². The molecule has 6 aromatic rings. The zero-order valence-electron chi connectivity index (χ0n) is 47.8. The van der Waals surface area contributed by atoms with Gasteiger partial charge in [-0.15, -0.1) is 6.58 Å². The zero-order chi connectivity index (χ0) is 65.0. The third kappa shape index (κ3) is 14.7. The van der Waals surface area contributed by atoms with Gasteiger partial charge < -0.3 is 57.0 Å². The van der Waals surface area contributed by atoms with Crippen LogP contribution in [0.5, 0.6) is 0 Å². The SMILES string of the molecule is C=CC.CC(N)COCCOCC(C)ON.NCNC(=O)c1cc(-c2ccc(C(=O)O)c(C(=O)NCN3C(=O)c4ccc(-c5ccc6c(c5)C(=O)N(CN)C6=O)cc4C3=O)c2)ccc1C(=O)O.O=C1OC(=O)c2cc(-c3ccc4c(c3)C(=O)OC4=O)ccc21. The number of nitrogens with two attached hydrogens (primary N) is 4. The number of benzene rings is 6. The summed E-state index contributed by atoms with van der Waals surface area (Å²) in [6.07, 6.45) is 1.67. The van der Waals surface area contributed by atoms with E-state index in [1.807, 2.05) is 20.8 Å². The first-order valence-corrected chi connectivity index (χ1v) is 26.9. The van der Waals surface area contributed by atoms with Crippen molar-refractivity contribution in [3.05, 3.63) is 189 Å². The number of nitrogens with zero attached hydrogens (tertiary/aromatic N) is 2. The summed E-state index contributed by atoms with van der Waals surface area (Å²) in [6, 6.07) is 25.9. The highest BCUT2D eigenvalue weighted by atomic mass is 16.6. The average Bonchev–Trinajstić information content (AvgIpc) is 2.55. The minimum atomic E-state index is -1.45. The van der Waals surface area contributed by atoms with Gasteiger partial charge in [0.25, 0.3) is 35.4 Å². The smallest absolute Gasteiger partial charge is 0.346 e. The van der Waals surface area contributed by atoms with Crippen molar-refractivity contribution in [2.75, 3.05) is 46.4 Å². The van der Waals surface area contributed by atoms with Gasteiger partial charge in [0.2, 0.25) is 0 Å². The number of carbonyl (C=O) groups excluding carboxylic acids is 10. The lowest BCUT2D eigenvalue weighted by Crippen LogP contribution is -2.41. The number of carboxylic acids is 2. The monoisotopic (exact) mass is 1220 g/mol. The molecule has 0 aliphatic carbocycles. The standard InChI is InChI=1S/C35H26N6O10.C16H6O6.C8H20N2O3.C3H6/c36-13-38-28(42)24-9-16(3-7-22(24)34(48)49)17-4-8-23(35(50)51)25(10-17)29(43)39-15-41-31(45)21-6-2-19(12-27(21)33(41)47)18-1-5-20-26(11-18)32(46)40(14-37)30(20)44;17-13-9-3-1-7(5-11(9)15(19)21-13)8-2-4-10-12(6-8)16(20)22-14(10)18;1-7(9)5-11-3-4-12-6-8(2)13-10;1-3-2/h1-12H,13-15,36-37H2,(H,38,42)(H,39,43)(H,48,49)(H,50,51);1-6H;7-8H,3-6,9-10H2,1-2H3;3H,1H2,2H3. The molecule has 0 saturated carbocycles. The number of aromatic carboxylic acids is 2. The van der Waals surface area contributed by atoms with Crippen LogP contribution in [-0.4, -0.2) is 150 Å². The highest BCUT2D eigenvalue weighted by Gasteiger charge is 2.38. The number of ether oxygens (including phenoxy) is 4. The van der Waals surface area contributed by atoms with Gasteiger partial charge in [0.05, 0.1) is 113 Å². The van der Waals surface area contributed by atoms with Gasteiger partial charge in [-0.3, -0.25) is 43.4 Å². The Morgan fingerprint density at radius 3 is 1.27 bits per heavy atom. The molecule has 27 nitrogen and oxygen atoms in total. The van der Waals surface area contributed by atoms with Crippen molar-refractivity contribution in [3.8, 4) is 33.4 Å². The maximum absolute atomic E-state index is 13.4.